The molecule has 4 heteroatoms. The second-order valence-corrected chi connectivity index (χ2v) is 5.38. The van der Waals surface area contributed by atoms with Crippen LogP contribution in [0.2, 0.25) is 0 Å². The number of hydrogen-bond acceptors (Lipinski definition) is 3. The van der Waals surface area contributed by atoms with Crippen molar-refractivity contribution in [1.82, 2.24) is 9.80 Å². The van der Waals surface area contributed by atoms with Gasteiger partial charge in [-0.3, -0.25) is 9.69 Å². The summed E-state index contributed by atoms with van der Waals surface area (Å²) < 4.78 is 0. The fourth-order valence-electron chi connectivity index (χ4n) is 2.58. The van der Waals surface area contributed by atoms with Crippen LogP contribution in [0.5, 0.6) is 0 Å². The van der Waals surface area contributed by atoms with E-state index in [9.17, 15) is 4.79 Å². The Morgan fingerprint density at radius 3 is 2.19 bits per heavy atom. The maximum Gasteiger partial charge on any atom is 0.225 e. The van der Waals surface area contributed by atoms with Gasteiger partial charge in [0.05, 0.1) is 0 Å². The fraction of sp³-hybridized carbons (Fsp3) is 0.917. The molecule has 1 aliphatic heterocycles. The Labute approximate surface area is 97.8 Å². The first kappa shape index (κ1) is 11.9. The first-order chi connectivity index (χ1) is 7.58. The normalized spacial score (nSPS) is 31.6. The Morgan fingerprint density at radius 1 is 1.19 bits per heavy atom. The summed E-state index contributed by atoms with van der Waals surface area (Å²) in [6.07, 6.45) is 1.78. The highest BCUT2D eigenvalue weighted by Crippen LogP contribution is 2.27. The van der Waals surface area contributed by atoms with E-state index in [2.05, 4.69) is 18.7 Å². The van der Waals surface area contributed by atoms with Crippen molar-refractivity contribution < 1.29 is 4.79 Å². The highest BCUT2D eigenvalue weighted by molar-refractivity contribution is 5.80. The molecule has 0 atom stereocenters. The first-order valence-corrected chi connectivity index (χ1v) is 6.36. The van der Waals surface area contributed by atoms with Crippen LogP contribution in [0.15, 0.2) is 0 Å². The molecule has 0 bridgehead atoms. The average molecular weight is 225 g/mol. The monoisotopic (exact) mass is 225 g/mol. The molecule has 2 rings (SSSR count). The van der Waals surface area contributed by atoms with Crippen LogP contribution in [0.4, 0.5) is 0 Å². The molecule has 1 heterocycles. The second kappa shape index (κ2) is 4.72. The largest absolute Gasteiger partial charge is 0.340 e. The van der Waals surface area contributed by atoms with Gasteiger partial charge in [0.1, 0.15) is 0 Å². The molecule has 1 aliphatic carbocycles. The average Bonchev–Trinajstić information content (AvgIpc) is 2.24. The predicted molar refractivity (Wildman–Crippen MR) is 64.0 cm³/mol. The van der Waals surface area contributed by atoms with E-state index in [-0.39, 0.29) is 12.0 Å². The van der Waals surface area contributed by atoms with E-state index < -0.39 is 0 Å². The Bertz CT molecular complexity index is 253. The van der Waals surface area contributed by atoms with E-state index in [4.69, 9.17) is 5.73 Å². The van der Waals surface area contributed by atoms with Crippen LogP contribution in [0.1, 0.15) is 26.7 Å². The molecule has 0 aromatic carbocycles. The van der Waals surface area contributed by atoms with Crippen LogP contribution in [-0.2, 0) is 4.79 Å². The van der Waals surface area contributed by atoms with E-state index in [1.165, 1.54) is 0 Å². The van der Waals surface area contributed by atoms with Gasteiger partial charge in [0.2, 0.25) is 5.91 Å². The van der Waals surface area contributed by atoms with Crippen molar-refractivity contribution in [3.05, 3.63) is 0 Å². The molecular formula is C12H23N3O. The minimum atomic E-state index is 0.223. The second-order valence-electron chi connectivity index (χ2n) is 5.38. The highest BCUT2D eigenvalue weighted by atomic mass is 16.2. The van der Waals surface area contributed by atoms with Gasteiger partial charge in [-0.2, -0.15) is 0 Å². The summed E-state index contributed by atoms with van der Waals surface area (Å²) in [6, 6.07) is 0.861. The molecule has 0 unspecified atom stereocenters. The maximum absolute atomic E-state index is 12.1. The molecule has 1 saturated heterocycles. The van der Waals surface area contributed by atoms with Gasteiger partial charge in [0.15, 0.2) is 0 Å². The van der Waals surface area contributed by atoms with E-state index >= 15 is 0 Å². The quantitative estimate of drug-likeness (QED) is 0.734. The summed E-state index contributed by atoms with van der Waals surface area (Å²) >= 11 is 0. The van der Waals surface area contributed by atoms with Crippen LogP contribution >= 0.6 is 0 Å². The summed E-state index contributed by atoms with van der Waals surface area (Å²) in [7, 11) is 0. The number of carbonyl (C=O) groups is 1. The summed E-state index contributed by atoms with van der Waals surface area (Å²) in [5, 5.41) is 0. The third kappa shape index (κ3) is 2.38. The number of amides is 1. The number of hydrogen-bond donors (Lipinski definition) is 1. The summed E-state index contributed by atoms with van der Waals surface area (Å²) in [4.78, 5) is 16.5. The lowest BCUT2D eigenvalue weighted by atomic mass is 9.80. The molecule has 0 aromatic heterocycles. The van der Waals surface area contributed by atoms with E-state index in [0.717, 1.165) is 39.0 Å². The SMILES string of the molecule is CC(C)N1CCN(C(=O)[C@H]2C[C@@H](N)C2)CC1. The Balaban J connectivity index is 1.78. The van der Waals surface area contributed by atoms with Crippen LogP contribution in [0, 0.1) is 5.92 Å². The minimum Gasteiger partial charge on any atom is -0.340 e. The molecule has 0 spiro atoms. The van der Waals surface area contributed by atoms with Gasteiger partial charge in [-0.15, -0.1) is 0 Å². The Hall–Kier alpha value is -0.610. The third-order valence-corrected chi connectivity index (χ3v) is 3.88. The van der Waals surface area contributed by atoms with Crippen LogP contribution in [0.25, 0.3) is 0 Å². The zero-order valence-electron chi connectivity index (χ0n) is 10.4. The number of carbonyl (C=O) groups excluding carboxylic acids is 1. The number of nitrogens with zero attached hydrogens (tertiary/aromatic N) is 2. The van der Waals surface area contributed by atoms with Crippen molar-refractivity contribution >= 4 is 5.91 Å². The van der Waals surface area contributed by atoms with Crippen LogP contribution < -0.4 is 5.73 Å². The fourth-order valence-corrected chi connectivity index (χ4v) is 2.58. The third-order valence-electron chi connectivity index (χ3n) is 3.88. The van der Waals surface area contributed by atoms with E-state index in [0.29, 0.717) is 11.9 Å². The van der Waals surface area contributed by atoms with Crippen molar-refractivity contribution in [3.8, 4) is 0 Å². The minimum absolute atomic E-state index is 0.223. The van der Waals surface area contributed by atoms with Crippen LogP contribution in [0.3, 0.4) is 0 Å². The van der Waals surface area contributed by atoms with Gasteiger partial charge >= 0.3 is 0 Å². The van der Waals surface area contributed by atoms with Crippen molar-refractivity contribution in [1.29, 1.82) is 0 Å². The maximum atomic E-state index is 12.1. The molecule has 16 heavy (non-hydrogen) atoms. The lowest BCUT2D eigenvalue weighted by Gasteiger charge is -2.41. The lowest BCUT2D eigenvalue weighted by Crippen LogP contribution is -2.54. The summed E-state index contributed by atoms with van der Waals surface area (Å²) in [5.41, 5.74) is 5.72. The van der Waals surface area contributed by atoms with Crippen molar-refractivity contribution in [2.75, 3.05) is 26.2 Å². The smallest absolute Gasteiger partial charge is 0.225 e. The van der Waals surface area contributed by atoms with Gasteiger partial charge in [0.25, 0.3) is 0 Å². The zero-order chi connectivity index (χ0) is 11.7. The Morgan fingerprint density at radius 2 is 1.75 bits per heavy atom. The van der Waals surface area contributed by atoms with Gasteiger partial charge in [-0.1, -0.05) is 0 Å². The molecule has 1 saturated carbocycles. The van der Waals surface area contributed by atoms with Gasteiger partial charge in [0, 0.05) is 44.2 Å². The van der Waals surface area contributed by atoms with Crippen molar-refractivity contribution in [3.63, 3.8) is 0 Å². The molecule has 4 nitrogen and oxygen atoms in total. The Kier molecular flexibility index (Phi) is 3.50. The molecule has 2 aliphatic rings. The summed E-state index contributed by atoms with van der Waals surface area (Å²) in [5.74, 6) is 0.561. The standard InChI is InChI=1S/C12H23N3O/c1-9(2)14-3-5-15(6-4-14)12(16)10-7-11(13)8-10/h9-11H,3-8,13H2,1-2H3/t10-,11+. The molecule has 0 aromatic rings. The molecule has 2 N–H and O–H groups in total. The first-order valence-electron chi connectivity index (χ1n) is 6.36. The topological polar surface area (TPSA) is 49.6 Å². The molecule has 2 fully saturated rings. The van der Waals surface area contributed by atoms with E-state index in [1.54, 1.807) is 0 Å². The van der Waals surface area contributed by atoms with Crippen LogP contribution in [-0.4, -0.2) is 54.0 Å². The molecule has 1 amide bonds. The van der Waals surface area contributed by atoms with E-state index in [1.807, 2.05) is 4.90 Å². The van der Waals surface area contributed by atoms with Gasteiger partial charge in [-0.05, 0) is 26.7 Å². The molecule has 92 valence electrons. The lowest BCUT2D eigenvalue weighted by molar-refractivity contribution is -0.140. The van der Waals surface area contributed by atoms with Gasteiger partial charge in [-0.25, -0.2) is 0 Å². The van der Waals surface area contributed by atoms with Gasteiger partial charge < -0.3 is 10.6 Å². The predicted octanol–water partition coefficient (Wildman–Crippen LogP) is 0.276. The zero-order valence-corrected chi connectivity index (χ0v) is 10.4. The number of nitrogens with two attached hydrogens (primary N) is 1. The molecule has 0 radical (unpaired) electrons. The summed E-state index contributed by atoms with van der Waals surface area (Å²) in [6.45, 7) is 8.24. The van der Waals surface area contributed by atoms with Crippen molar-refractivity contribution in [2.45, 2.75) is 38.8 Å². The number of piperazine rings is 1. The van der Waals surface area contributed by atoms with Crippen molar-refractivity contribution in [2.24, 2.45) is 11.7 Å². The highest BCUT2D eigenvalue weighted by Gasteiger charge is 2.35. The molecular weight excluding hydrogens is 202 g/mol. The number of rotatable bonds is 2.